The Labute approximate surface area is 144 Å². The summed E-state index contributed by atoms with van der Waals surface area (Å²) >= 11 is 1.43. The number of amides is 1. The van der Waals surface area contributed by atoms with Gasteiger partial charge in [0.05, 0.1) is 17.2 Å². The molecule has 0 unspecified atom stereocenters. The van der Waals surface area contributed by atoms with Gasteiger partial charge in [0.2, 0.25) is 0 Å². The third-order valence-electron chi connectivity index (χ3n) is 3.19. The van der Waals surface area contributed by atoms with Gasteiger partial charge in [0, 0.05) is 23.6 Å². The molecule has 0 radical (unpaired) electrons. The number of rotatable bonds is 5. The van der Waals surface area contributed by atoms with Gasteiger partial charge in [-0.25, -0.2) is 9.78 Å². The van der Waals surface area contributed by atoms with Gasteiger partial charge in [0.15, 0.2) is 0 Å². The lowest BCUT2D eigenvalue weighted by Gasteiger charge is -2.13. The number of hydrogen-bond acceptors (Lipinski definition) is 5. The fraction of sp³-hybridized carbons (Fsp3) is 0.353. The molecular formula is C17H20N2O4S. The van der Waals surface area contributed by atoms with Crippen LogP contribution in [-0.2, 0) is 16.8 Å². The second-order valence-corrected chi connectivity index (χ2v) is 7.26. The van der Waals surface area contributed by atoms with Gasteiger partial charge in [0.25, 0.3) is 5.91 Å². The molecule has 2 rings (SSSR count). The number of hydrogen-bond donors (Lipinski definition) is 2. The van der Waals surface area contributed by atoms with Gasteiger partial charge >= 0.3 is 5.97 Å². The summed E-state index contributed by atoms with van der Waals surface area (Å²) in [6.07, 6.45) is 0. The van der Waals surface area contributed by atoms with Crippen LogP contribution in [0.4, 0.5) is 5.69 Å². The number of carboxylic acids is 1. The SMILES string of the molecule is COCc1cc(NC(=O)c2csc(C(C)(C)C)n2)cc(C(=O)O)c1. The van der Waals surface area contributed by atoms with Gasteiger partial charge in [0.1, 0.15) is 5.69 Å². The van der Waals surface area contributed by atoms with Crippen LogP contribution in [0.1, 0.15) is 52.2 Å². The highest BCUT2D eigenvalue weighted by molar-refractivity contribution is 7.10. The van der Waals surface area contributed by atoms with Crippen molar-refractivity contribution in [1.29, 1.82) is 0 Å². The average Bonchev–Trinajstić information content (AvgIpc) is 2.97. The lowest BCUT2D eigenvalue weighted by Crippen LogP contribution is -2.15. The number of anilines is 1. The van der Waals surface area contributed by atoms with Crippen LogP contribution in [0.25, 0.3) is 0 Å². The van der Waals surface area contributed by atoms with Crippen LogP contribution >= 0.6 is 11.3 Å². The Kier molecular flexibility index (Phi) is 5.36. The zero-order valence-electron chi connectivity index (χ0n) is 14.0. The molecule has 0 aliphatic heterocycles. The van der Waals surface area contributed by atoms with Crippen molar-refractivity contribution >= 4 is 28.9 Å². The molecule has 128 valence electrons. The summed E-state index contributed by atoms with van der Waals surface area (Å²) in [4.78, 5) is 27.9. The van der Waals surface area contributed by atoms with Crippen molar-refractivity contribution in [2.45, 2.75) is 32.8 Å². The molecule has 6 nitrogen and oxygen atoms in total. The summed E-state index contributed by atoms with van der Waals surface area (Å²) in [5.41, 5.74) is 1.35. The Hall–Kier alpha value is -2.25. The van der Waals surface area contributed by atoms with E-state index in [1.807, 2.05) is 20.8 Å². The number of nitrogens with one attached hydrogen (secondary N) is 1. The first-order chi connectivity index (χ1) is 11.2. The molecule has 2 aromatic rings. The van der Waals surface area contributed by atoms with Gasteiger partial charge in [-0.15, -0.1) is 11.3 Å². The number of thiazole rings is 1. The van der Waals surface area contributed by atoms with Gasteiger partial charge in [-0.1, -0.05) is 20.8 Å². The molecule has 0 saturated carbocycles. The van der Waals surface area contributed by atoms with E-state index in [0.717, 1.165) is 5.01 Å². The van der Waals surface area contributed by atoms with Crippen LogP contribution in [0.2, 0.25) is 0 Å². The van der Waals surface area contributed by atoms with E-state index in [-0.39, 0.29) is 23.5 Å². The molecule has 0 bridgehead atoms. The Morgan fingerprint density at radius 1 is 1.29 bits per heavy atom. The van der Waals surface area contributed by atoms with Crippen molar-refractivity contribution in [3.05, 3.63) is 45.4 Å². The number of ether oxygens (including phenoxy) is 1. The molecule has 7 heteroatoms. The third kappa shape index (κ3) is 4.39. The minimum atomic E-state index is -1.06. The smallest absolute Gasteiger partial charge is 0.335 e. The maximum Gasteiger partial charge on any atom is 0.335 e. The molecule has 1 aromatic heterocycles. The normalized spacial score (nSPS) is 11.3. The lowest BCUT2D eigenvalue weighted by atomic mass is 9.98. The summed E-state index contributed by atoms with van der Waals surface area (Å²) in [6.45, 7) is 6.34. The van der Waals surface area contributed by atoms with Crippen LogP contribution in [0.15, 0.2) is 23.6 Å². The van der Waals surface area contributed by atoms with Crippen molar-refractivity contribution in [1.82, 2.24) is 4.98 Å². The summed E-state index contributed by atoms with van der Waals surface area (Å²) in [6, 6.07) is 4.61. The van der Waals surface area contributed by atoms with E-state index in [9.17, 15) is 14.7 Å². The van der Waals surface area contributed by atoms with Gasteiger partial charge < -0.3 is 15.2 Å². The molecular weight excluding hydrogens is 328 g/mol. The first kappa shape index (κ1) is 18.1. The first-order valence-electron chi connectivity index (χ1n) is 7.34. The average molecular weight is 348 g/mol. The highest BCUT2D eigenvalue weighted by Gasteiger charge is 2.20. The number of carbonyl (C=O) groups is 2. The summed E-state index contributed by atoms with van der Waals surface area (Å²) in [7, 11) is 1.52. The van der Waals surface area contributed by atoms with Crippen molar-refractivity contribution in [2.24, 2.45) is 0 Å². The molecule has 1 aromatic carbocycles. The van der Waals surface area contributed by atoms with Gasteiger partial charge in [-0.05, 0) is 23.8 Å². The van der Waals surface area contributed by atoms with E-state index in [2.05, 4.69) is 10.3 Å². The van der Waals surface area contributed by atoms with E-state index >= 15 is 0 Å². The Morgan fingerprint density at radius 2 is 2.00 bits per heavy atom. The highest BCUT2D eigenvalue weighted by atomic mass is 32.1. The van der Waals surface area contributed by atoms with Gasteiger partial charge in [-0.3, -0.25) is 4.79 Å². The molecule has 1 heterocycles. The molecule has 0 aliphatic carbocycles. The third-order valence-corrected chi connectivity index (χ3v) is 4.46. The van der Waals surface area contributed by atoms with E-state index in [4.69, 9.17) is 4.74 Å². The van der Waals surface area contributed by atoms with Crippen molar-refractivity contribution in [3.8, 4) is 0 Å². The van der Waals surface area contributed by atoms with Crippen molar-refractivity contribution in [2.75, 3.05) is 12.4 Å². The second-order valence-electron chi connectivity index (χ2n) is 6.40. The van der Waals surface area contributed by atoms with Gasteiger partial charge in [-0.2, -0.15) is 0 Å². The van der Waals surface area contributed by atoms with E-state index < -0.39 is 5.97 Å². The fourth-order valence-electron chi connectivity index (χ4n) is 2.06. The lowest BCUT2D eigenvalue weighted by molar-refractivity contribution is 0.0696. The van der Waals surface area contributed by atoms with E-state index in [1.54, 1.807) is 11.4 Å². The Balaban J connectivity index is 2.24. The number of carboxylic acid groups (broad SMARTS) is 1. The molecule has 0 fully saturated rings. The standard InChI is InChI=1S/C17H20N2O4S/c1-17(2,3)16-19-13(9-24-16)14(20)18-12-6-10(8-23-4)5-11(7-12)15(21)22/h5-7,9H,8H2,1-4H3,(H,18,20)(H,21,22). The van der Waals surface area contributed by atoms with E-state index in [0.29, 0.717) is 16.9 Å². The second kappa shape index (κ2) is 7.11. The number of aromatic carboxylic acids is 1. The quantitative estimate of drug-likeness (QED) is 0.863. The van der Waals surface area contributed by atoms with Crippen molar-refractivity contribution < 1.29 is 19.4 Å². The molecule has 0 aliphatic rings. The van der Waals surface area contributed by atoms with Crippen LogP contribution in [0, 0.1) is 0 Å². The summed E-state index contributed by atoms with van der Waals surface area (Å²) in [5, 5.41) is 14.5. The molecule has 0 saturated heterocycles. The monoisotopic (exact) mass is 348 g/mol. The number of aromatic nitrogens is 1. The maximum atomic E-state index is 12.4. The molecule has 1 amide bonds. The number of methoxy groups -OCH3 is 1. The Morgan fingerprint density at radius 3 is 2.54 bits per heavy atom. The minimum absolute atomic E-state index is 0.0912. The van der Waals surface area contributed by atoms with Crippen LogP contribution in [-0.4, -0.2) is 29.1 Å². The van der Waals surface area contributed by atoms with Crippen molar-refractivity contribution in [3.63, 3.8) is 0 Å². The van der Waals surface area contributed by atoms with E-state index in [1.165, 1.54) is 30.6 Å². The molecule has 0 spiro atoms. The molecule has 24 heavy (non-hydrogen) atoms. The molecule has 2 N–H and O–H groups in total. The fourth-order valence-corrected chi connectivity index (χ4v) is 2.94. The summed E-state index contributed by atoms with van der Waals surface area (Å²) in [5.74, 6) is -1.43. The first-order valence-corrected chi connectivity index (χ1v) is 8.22. The van der Waals surface area contributed by atoms with Crippen LogP contribution in [0.5, 0.6) is 0 Å². The topological polar surface area (TPSA) is 88.5 Å². The highest BCUT2D eigenvalue weighted by Crippen LogP contribution is 2.26. The maximum absolute atomic E-state index is 12.4. The molecule has 0 atom stereocenters. The van der Waals surface area contributed by atoms with Crippen LogP contribution < -0.4 is 5.32 Å². The number of nitrogens with zero attached hydrogens (tertiary/aromatic N) is 1. The van der Waals surface area contributed by atoms with Crippen LogP contribution in [0.3, 0.4) is 0 Å². The zero-order valence-corrected chi connectivity index (χ0v) is 14.9. The Bertz CT molecular complexity index is 762. The predicted molar refractivity (Wildman–Crippen MR) is 92.9 cm³/mol. The number of benzene rings is 1. The predicted octanol–water partition coefficient (Wildman–Crippen LogP) is 3.54. The number of carbonyl (C=O) groups excluding carboxylic acids is 1. The summed E-state index contributed by atoms with van der Waals surface area (Å²) < 4.78 is 5.03. The minimum Gasteiger partial charge on any atom is -0.478 e. The largest absolute Gasteiger partial charge is 0.478 e. The zero-order chi connectivity index (χ0) is 17.9.